The highest BCUT2D eigenvalue weighted by atomic mass is 28.3. The van der Waals surface area contributed by atoms with Gasteiger partial charge in [-0.1, -0.05) is 109 Å². The molecule has 3 aromatic carbocycles. The summed E-state index contributed by atoms with van der Waals surface area (Å²) in [4.78, 5) is 0. The van der Waals surface area contributed by atoms with Gasteiger partial charge in [0.1, 0.15) is 0 Å². The average Bonchev–Trinajstić information content (AvgIpc) is 3.10. The smallest absolute Gasteiger partial charge is 0.0818 e. The van der Waals surface area contributed by atoms with Gasteiger partial charge in [-0.15, -0.1) is 0 Å². The normalized spacial score (nSPS) is 15.4. The number of allylic oxidation sites excluding steroid dienone is 2. The fraction of sp³-hybridized carbons (Fsp3) is 0. The molecule has 0 fully saturated rings. The summed E-state index contributed by atoms with van der Waals surface area (Å²) in [6.07, 6.45) is 4.55. The monoisotopic (exact) mass is 310 g/mol. The van der Waals surface area contributed by atoms with E-state index >= 15 is 0 Å². The Labute approximate surface area is 138 Å². The maximum atomic E-state index is 2.46. The lowest BCUT2D eigenvalue weighted by Crippen LogP contribution is -2.57. The molecule has 1 heterocycles. The van der Waals surface area contributed by atoms with E-state index in [2.05, 4.69) is 109 Å². The van der Waals surface area contributed by atoms with Crippen molar-refractivity contribution in [3.8, 4) is 0 Å². The number of benzene rings is 3. The standard InChI is InChI=1S/C22H18Si/c1-4-11-19(12-5-1)22-17-10-18-23(22,20-13-6-2-7-14-20)21-15-8-3-9-16-21/h1-18H. The molecule has 0 radical (unpaired) electrons. The van der Waals surface area contributed by atoms with Crippen molar-refractivity contribution in [1.29, 1.82) is 0 Å². The third kappa shape index (κ3) is 2.30. The highest BCUT2D eigenvalue weighted by molar-refractivity contribution is 7.18. The van der Waals surface area contributed by atoms with Crippen LogP contribution in [0.15, 0.2) is 109 Å². The largest absolute Gasteiger partial charge is 0.172 e. The molecule has 0 unspecified atom stereocenters. The zero-order chi connectivity index (χ0) is 15.5. The van der Waals surface area contributed by atoms with E-state index in [-0.39, 0.29) is 0 Å². The molecule has 0 bridgehead atoms. The van der Waals surface area contributed by atoms with E-state index in [0.717, 1.165) is 0 Å². The van der Waals surface area contributed by atoms with Crippen molar-refractivity contribution in [3.63, 3.8) is 0 Å². The zero-order valence-corrected chi connectivity index (χ0v) is 13.9. The number of hydrogen-bond donors (Lipinski definition) is 0. The van der Waals surface area contributed by atoms with E-state index in [0.29, 0.717) is 0 Å². The van der Waals surface area contributed by atoms with Gasteiger partial charge in [0.15, 0.2) is 8.07 Å². The Hall–Kier alpha value is -2.64. The van der Waals surface area contributed by atoms with Crippen LogP contribution in [0.25, 0.3) is 5.20 Å². The molecule has 1 heteroatoms. The first-order chi connectivity index (χ1) is 11.4. The van der Waals surface area contributed by atoms with E-state index in [1.807, 2.05) is 0 Å². The van der Waals surface area contributed by atoms with Crippen LogP contribution in [-0.2, 0) is 0 Å². The van der Waals surface area contributed by atoms with Crippen molar-refractivity contribution in [2.45, 2.75) is 0 Å². The van der Waals surface area contributed by atoms with Gasteiger partial charge in [0.05, 0.1) is 0 Å². The van der Waals surface area contributed by atoms with E-state index in [4.69, 9.17) is 0 Å². The van der Waals surface area contributed by atoms with Crippen molar-refractivity contribution in [3.05, 3.63) is 114 Å². The minimum absolute atomic E-state index is 1.33. The number of rotatable bonds is 3. The van der Waals surface area contributed by atoms with E-state index < -0.39 is 8.07 Å². The van der Waals surface area contributed by atoms with Gasteiger partial charge in [0.25, 0.3) is 0 Å². The summed E-state index contributed by atoms with van der Waals surface area (Å²) in [7, 11) is -2.07. The minimum Gasteiger partial charge on any atom is -0.0818 e. The quantitative estimate of drug-likeness (QED) is 0.642. The molecule has 0 nitrogen and oxygen atoms in total. The molecule has 0 aromatic heterocycles. The third-order valence-electron chi connectivity index (χ3n) is 4.58. The first-order valence-electron chi connectivity index (χ1n) is 7.98. The predicted octanol–water partition coefficient (Wildman–Crippen LogP) is 3.98. The molecule has 110 valence electrons. The van der Waals surface area contributed by atoms with Crippen molar-refractivity contribution < 1.29 is 0 Å². The first kappa shape index (κ1) is 14.0. The minimum atomic E-state index is -2.07. The van der Waals surface area contributed by atoms with Crippen molar-refractivity contribution in [2.24, 2.45) is 0 Å². The fourth-order valence-electron chi connectivity index (χ4n) is 3.52. The highest BCUT2D eigenvalue weighted by Crippen LogP contribution is 2.31. The molecule has 0 aliphatic carbocycles. The van der Waals surface area contributed by atoms with Gasteiger partial charge in [-0.3, -0.25) is 0 Å². The van der Waals surface area contributed by atoms with Crippen LogP contribution >= 0.6 is 0 Å². The Balaban J connectivity index is 1.98. The van der Waals surface area contributed by atoms with Crippen LogP contribution in [0.4, 0.5) is 0 Å². The topological polar surface area (TPSA) is 0 Å². The van der Waals surface area contributed by atoms with Gasteiger partial charge in [0, 0.05) is 0 Å². The van der Waals surface area contributed by atoms with Gasteiger partial charge in [-0.2, -0.15) is 0 Å². The molecule has 23 heavy (non-hydrogen) atoms. The molecule has 1 aliphatic rings. The summed E-state index contributed by atoms with van der Waals surface area (Å²) in [6.45, 7) is 0. The molecule has 1 aliphatic heterocycles. The van der Waals surface area contributed by atoms with E-state index in [9.17, 15) is 0 Å². The lowest BCUT2D eigenvalue weighted by molar-refractivity contribution is 1.63. The Bertz CT molecular complexity index is 807. The summed E-state index contributed by atoms with van der Waals surface area (Å²) >= 11 is 0. The molecule has 0 atom stereocenters. The molecule has 3 aromatic rings. The predicted molar refractivity (Wildman–Crippen MR) is 101 cm³/mol. The zero-order valence-electron chi connectivity index (χ0n) is 12.9. The lowest BCUT2D eigenvalue weighted by atomic mass is 10.2. The first-order valence-corrected chi connectivity index (χ1v) is 10.1. The molecule has 0 saturated heterocycles. The summed E-state index contributed by atoms with van der Waals surface area (Å²) in [5, 5.41) is 4.35. The van der Waals surface area contributed by atoms with Crippen molar-refractivity contribution in [2.75, 3.05) is 0 Å². The fourth-order valence-corrected chi connectivity index (χ4v) is 7.85. The summed E-state index contributed by atoms with van der Waals surface area (Å²) < 4.78 is 0. The molecular weight excluding hydrogens is 292 g/mol. The molecule has 0 amide bonds. The summed E-state index contributed by atoms with van der Waals surface area (Å²) in [6, 6.07) is 32.7. The Morgan fingerprint density at radius 1 is 0.522 bits per heavy atom. The van der Waals surface area contributed by atoms with Crippen LogP contribution in [0.1, 0.15) is 5.56 Å². The van der Waals surface area contributed by atoms with Gasteiger partial charge < -0.3 is 0 Å². The third-order valence-corrected chi connectivity index (χ3v) is 9.06. The van der Waals surface area contributed by atoms with Crippen LogP contribution < -0.4 is 10.4 Å². The SMILES string of the molecule is C1=C[Si](c2ccccc2)(c2ccccc2)C(c2ccccc2)=C1. The second kappa shape index (κ2) is 5.86. The Morgan fingerprint density at radius 3 is 1.52 bits per heavy atom. The van der Waals surface area contributed by atoms with Gasteiger partial charge in [0.2, 0.25) is 0 Å². The lowest BCUT2D eigenvalue weighted by Gasteiger charge is -2.30. The molecule has 0 spiro atoms. The molecular formula is C22H18Si. The Kier molecular flexibility index (Phi) is 3.56. The molecule has 0 N–H and O–H groups in total. The highest BCUT2D eigenvalue weighted by Gasteiger charge is 2.40. The molecule has 0 saturated carbocycles. The van der Waals surface area contributed by atoms with E-state index in [1.165, 1.54) is 21.1 Å². The van der Waals surface area contributed by atoms with Gasteiger partial charge in [-0.25, -0.2) is 0 Å². The van der Waals surface area contributed by atoms with Crippen LogP contribution in [0.5, 0.6) is 0 Å². The van der Waals surface area contributed by atoms with Gasteiger partial charge >= 0.3 is 0 Å². The van der Waals surface area contributed by atoms with Crippen LogP contribution in [0.3, 0.4) is 0 Å². The summed E-state index contributed by atoms with van der Waals surface area (Å²) in [5.41, 5.74) is 3.79. The molecule has 4 rings (SSSR count). The average molecular weight is 310 g/mol. The Morgan fingerprint density at radius 2 is 1.00 bits per heavy atom. The van der Waals surface area contributed by atoms with Crippen LogP contribution in [0.2, 0.25) is 0 Å². The maximum Gasteiger partial charge on any atom is 0.172 e. The van der Waals surface area contributed by atoms with E-state index in [1.54, 1.807) is 0 Å². The van der Waals surface area contributed by atoms with Crippen molar-refractivity contribution >= 4 is 23.6 Å². The second-order valence-electron chi connectivity index (χ2n) is 5.85. The summed E-state index contributed by atoms with van der Waals surface area (Å²) in [5.74, 6) is 0. The van der Waals surface area contributed by atoms with Gasteiger partial charge in [-0.05, 0) is 21.1 Å². The van der Waals surface area contributed by atoms with Crippen molar-refractivity contribution in [1.82, 2.24) is 0 Å². The van der Waals surface area contributed by atoms with Crippen LogP contribution in [-0.4, -0.2) is 8.07 Å². The number of hydrogen-bond acceptors (Lipinski definition) is 0. The maximum absolute atomic E-state index is 2.46. The van der Waals surface area contributed by atoms with Crippen LogP contribution in [0, 0.1) is 0 Å². The second-order valence-corrected chi connectivity index (χ2v) is 9.49.